The summed E-state index contributed by atoms with van der Waals surface area (Å²) in [5, 5.41) is 13.1. The van der Waals surface area contributed by atoms with Crippen molar-refractivity contribution in [1.29, 1.82) is 5.26 Å². The lowest BCUT2D eigenvalue weighted by Gasteiger charge is -2.39. The summed E-state index contributed by atoms with van der Waals surface area (Å²) in [4.78, 5) is 13.6. The minimum absolute atomic E-state index is 0.327. The first kappa shape index (κ1) is 16.6. The van der Waals surface area contributed by atoms with E-state index in [1.54, 1.807) is 0 Å². The Balaban J connectivity index is 1.76. The molecule has 1 aliphatic rings. The minimum atomic E-state index is 0.327. The molecule has 1 N–H and O–H groups in total. The molecule has 0 spiro atoms. The fourth-order valence-electron chi connectivity index (χ4n) is 2.86. The smallest absolute Gasteiger partial charge is 0.229 e. The van der Waals surface area contributed by atoms with Gasteiger partial charge in [0.25, 0.3) is 0 Å². The number of rotatable bonds is 4. The maximum atomic E-state index is 8.90. The van der Waals surface area contributed by atoms with Gasteiger partial charge in [-0.2, -0.15) is 14.6 Å². The van der Waals surface area contributed by atoms with E-state index in [4.69, 9.17) is 10.2 Å². The first-order valence-corrected chi connectivity index (χ1v) is 8.74. The molecule has 0 saturated carbocycles. The molecule has 0 amide bonds. The van der Waals surface area contributed by atoms with Gasteiger partial charge in [0.05, 0.1) is 18.3 Å². The highest BCUT2D eigenvalue weighted by Crippen LogP contribution is 2.24. The molecule has 1 saturated heterocycles. The molecule has 1 fully saturated rings. The Bertz CT molecular complexity index is 751. The summed E-state index contributed by atoms with van der Waals surface area (Å²) in [6.07, 6.45) is 1.85. The van der Waals surface area contributed by atoms with Gasteiger partial charge in [-0.1, -0.05) is 0 Å². The zero-order valence-corrected chi connectivity index (χ0v) is 15.0. The highest BCUT2D eigenvalue weighted by molar-refractivity contribution is 7.10. The number of nitriles is 1. The standard InChI is InChI=1S/C16H21N7S/c1-11-9-18-16(19-14-8-12(2)21-24-14)20-15(11)23-7-6-22(5-4-17)13(3)10-23/h8-9,13H,5-7,10H2,1-3H3,(H,18,19,20)/t13-/m0/s1. The minimum Gasteiger partial charge on any atom is -0.353 e. The molecule has 0 unspecified atom stereocenters. The van der Waals surface area contributed by atoms with Crippen molar-refractivity contribution in [3.8, 4) is 6.07 Å². The monoisotopic (exact) mass is 343 g/mol. The molecule has 3 rings (SSSR count). The molecule has 0 aromatic carbocycles. The summed E-state index contributed by atoms with van der Waals surface area (Å²) in [5.41, 5.74) is 2.04. The van der Waals surface area contributed by atoms with Crippen LogP contribution in [-0.4, -0.2) is 51.5 Å². The van der Waals surface area contributed by atoms with E-state index < -0.39 is 0 Å². The Morgan fingerprint density at radius 3 is 2.92 bits per heavy atom. The molecular weight excluding hydrogens is 322 g/mol. The van der Waals surface area contributed by atoms with Crippen LogP contribution in [0.25, 0.3) is 0 Å². The van der Waals surface area contributed by atoms with Crippen LogP contribution in [-0.2, 0) is 0 Å². The van der Waals surface area contributed by atoms with E-state index in [-0.39, 0.29) is 0 Å². The molecule has 2 aromatic heterocycles. The average molecular weight is 343 g/mol. The lowest BCUT2D eigenvalue weighted by molar-refractivity contribution is 0.212. The normalized spacial score (nSPS) is 18.4. The average Bonchev–Trinajstić information content (AvgIpc) is 2.96. The van der Waals surface area contributed by atoms with Gasteiger partial charge < -0.3 is 10.2 Å². The zero-order chi connectivity index (χ0) is 17.1. The van der Waals surface area contributed by atoms with E-state index in [1.807, 2.05) is 26.1 Å². The topological polar surface area (TPSA) is 81.0 Å². The summed E-state index contributed by atoms with van der Waals surface area (Å²) in [7, 11) is 0. The quantitative estimate of drug-likeness (QED) is 0.853. The number of aromatic nitrogens is 3. The van der Waals surface area contributed by atoms with Gasteiger partial charge in [-0.05, 0) is 38.4 Å². The van der Waals surface area contributed by atoms with E-state index in [9.17, 15) is 0 Å². The Morgan fingerprint density at radius 2 is 2.25 bits per heavy atom. The molecule has 2 aromatic rings. The van der Waals surface area contributed by atoms with Gasteiger partial charge in [-0.25, -0.2) is 4.98 Å². The lowest BCUT2D eigenvalue weighted by Crippen LogP contribution is -2.52. The van der Waals surface area contributed by atoms with Crippen molar-refractivity contribution < 1.29 is 0 Å². The first-order valence-electron chi connectivity index (χ1n) is 7.96. The fraction of sp³-hybridized carbons (Fsp3) is 0.500. The van der Waals surface area contributed by atoms with Crippen molar-refractivity contribution in [3.05, 3.63) is 23.5 Å². The molecule has 7 nitrogen and oxygen atoms in total. The Morgan fingerprint density at radius 1 is 1.42 bits per heavy atom. The fourth-order valence-corrected chi connectivity index (χ4v) is 3.51. The number of nitrogens with one attached hydrogen (secondary N) is 1. The second kappa shape index (κ2) is 7.11. The third-order valence-electron chi connectivity index (χ3n) is 4.15. The summed E-state index contributed by atoms with van der Waals surface area (Å²) in [6, 6.07) is 4.55. The van der Waals surface area contributed by atoms with Crippen molar-refractivity contribution in [3.63, 3.8) is 0 Å². The molecular formula is C16H21N7S. The van der Waals surface area contributed by atoms with E-state index in [0.29, 0.717) is 18.5 Å². The van der Waals surface area contributed by atoms with E-state index in [2.05, 4.69) is 37.5 Å². The maximum absolute atomic E-state index is 8.90. The summed E-state index contributed by atoms with van der Waals surface area (Å²) in [5.74, 6) is 1.54. The lowest BCUT2D eigenvalue weighted by atomic mass is 10.2. The van der Waals surface area contributed by atoms with Gasteiger partial charge in [0.1, 0.15) is 10.8 Å². The largest absolute Gasteiger partial charge is 0.353 e. The van der Waals surface area contributed by atoms with Crippen LogP contribution in [0.1, 0.15) is 18.2 Å². The van der Waals surface area contributed by atoms with Gasteiger partial charge in [0.2, 0.25) is 5.95 Å². The van der Waals surface area contributed by atoms with Crippen LogP contribution in [0.2, 0.25) is 0 Å². The number of anilines is 3. The van der Waals surface area contributed by atoms with Crippen molar-refractivity contribution in [2.45, 2.75) is 26.8 Å². The number of piperazine rings is 1. The van der Waals surface area contributed by atoms with Gasteiger partial charge in [0, 0.05) is 37.4 Å². The second-order valence-electron chi connectivity index (χ2n) is 6.08. The van der Waals surface area contributed by atoms with Gasteiger partial charge in [-0.15, -0.1) is 0 Å². The van der Waals surface area contributed by atoms with Gasteiger partial charge in [-0.3, -0.25) is 4.90 Å². The highest BCUT2D eigenvalue weighted by atomic mass is 32.1. The maximum Gasteiger partial charge on any atom is 0.229 e. The molecule has 3 heterocycles. The highest BCUT2D eigenvalue weighted by Gasteiger charge is 2.25. The number of aryl methyl sites for hydroxylation is 2. The molecule has 1 atom stereocenters. The zero-order valence-electron chi connectivity index (χ0n) is 14.2. The Hall–Kier alpha value is -2.24. The second-order valence-corrected chi connectivity index (χ2v) is 6.89. The molecule has 0 radical (unpaired) electrons. The third kappa shape index (κ3) is 3.63. The van der Waals surface area contributed by atoms with E-state index in [1.165, 1.54) is 11.5 Å². The molecule has 24 heavy (non-hydrogen) atoms. The summed E-state index contributed by atoms with van der Waals surface area (Å²) in [6.45, 7) is 9.22. The summed E-state index contributed by atoms with van der Waals surface area (Å²) < 4.78 is 4.26. The van der Waals surface area contributed by atoms with Gasteiger partial charge >= 0.3 is 0 Å². The predicted octanol–water partition coefficient (Wildman–Crippen LogP) is 2.33. The predicted molar refractivity (Wildman–Crippen MR) is 95.8 cm³/mol. The van der Waals surface area contributed by atoms with E-state index in [0.717, 1.165) is 41.7 Å². The van der Waals surface area contributed by atoms with Crippen LogP contribution in [0.4, 0.5) is 16.8 Å². The Labute approximate surface area is 146 Å². The molecule has 1 aliphatic heterocycles. The van der Waals surface area contributed by atoms with E-state index >= 15 is 0 Å². The molecule has 8 heteroatoms. The number of hydrogen-bond acceptors (Lipinski definition) is 8. The van der Waals surface area contributed by atoms with Gasteiger partial charge in [0.15, 0.2) is 0 Å². The van der Waals surface area contributed by atoms with Crippen molar-refractivity contribution in [2.24, 2.45) is 0 Å². The van der Waals surface area contributed by atoms with Crippen LogP contribution in [0.3, 0.4) is 0 Å². The molecule has 0 bridgehead atoms. The molecule has 126 valence electrons. The van der Waals surface area contributed by atoms with Crippen LogP contribution in [0.5, 0.6) is 0 Å². The SMILES string of the molecule is Cc1cc(Nc2ncc(C)c(N3CCN(CC#N)[C@@H](C)C3)n2)sn1. The number of nitrogens with zero attached hydrogens (tertiary/aromatic N) is 6. The third-order valence-corrected chi connectivity index (χ3v) is 4.94. The van der Waals surface area contributed by atoms with Crippen molar-refractivity contribution in [1.82, 2.24) is 19.2 Å². The van der Waals surface area contributed by atoms with Crippen LogP contribution in [0.15, 0.2) is 12.3 Å². The molecule has 0 aliphatic carbocycles. The van der Waals surface area contributed by atoms with Crippen LogP contribution >= 0.6 is 11.5 Å². The van der Waals surface area contributed by atoms with Crippen molar-refractivity contribution in [2.75, 3.05) is 36.4 Å². The summed E-state index contributed by atoms with van der Waals surface area (Å²) >= 11 is 1.40. The van der Waals surface area contributed by atoms with Crippen molar-refractivity contribution >= 4 is 28.3 Å². The van der Waals surface area contributed by atoms with Crippen LogP contribution in [0, 0.1) is 25.2 Å². The van der Waals surface area contributed by atoms with Crippen LogP contribution < -0.4 is 10.2 Å². The number of hydrogen-bond donors (Lipinski definition) is 1. The Kier molecular flexibility index (Phi) is 4.92. The first-order chi connectivity index (χ1) is 11.6.